The molecule has 0 saturated carbocycles. The van der Waals surface area contributed by atoms with E-state index in [-0.39, 0.29) is 6.61 Å². The summed E-state index contributed by atoms with van der Waals surface area (Å²) in [5.41, 5.74) is 1.14. The molecule has 1 aliphatic heterocycles. The first kappa shape index (κ1) is 16.8. The Hall–Kier alpha value is -2.60. The van der Waals surface area contributed by atoms with Gasteiger partial charge in [0.1, 0.15) is 23.9 Å². The van der Waals surface area contributed by atoms with Gasteiger partial charge in [0.25, 0.3) is 0 Å². The maximum absolute atomic E-state index is 12.8. The van der Waals surface area contributed by atoms with Gasteiger partial charge >= 0.3 is 11.6 Å². The van der Waals surface area contributed by atoms with Gasteiger partial charge < -0.3 is 13.9 Å². The van der Waals surface area contributed by atoms with Gasteiger partial charge in [-0.2, -0.15) is 0 Å². The molecule has 4 rings (SSSR count). The monoisotopic (exact) mass is 414 g/mol. The van der Waals surface area contributed by atoms with E-state index in [0.29, 0.717) is 22.3 Å². The van der Waals surface area contributed by atoms with Crippen molar-refractivity contribution in [3.8, 4) is 5.75 Å². The van der Waals surface area contributed by atoms with Crippen LogP contribution in [0.4, 0.5) is 0 Å². The summed E-state index contributed by atoms with van der Waals surface area (Å²) in [6.45, 7) is 0.133. The molecule has 0 aliphatic carbocycles. The van der Waals surface area contributed by atoms with Gasteiger partial charge in [0, 0.05) is 10.4 Å². The van der Waals surface area contributed by atoms with Crippen LogP contribution in [-0.2, 0) is 9.53 Å². The molecule has 0 bridgehead atoms. The van der Waals surface area contributed by atoms with E-state index in [9.17, 15) is 9.59 Å². The Labute approximate surface area is 157 Å². The Morgan fingerprint density at radius 3 is 2.62 bits per heavy atom. The third-order valence-electron chi connectivity index (χ3n) is 4.65. The zero-order valence-electron chi connectivity index (χ0n) is 13.9. The van der Waals surface area contributed by atoms with Crippen LogP contribution in [-0.4, -0.2) is 19.7 Å². The molecule has 2 aromatic carbocycles. The van der Waals surface area contributed by atoms with Crippen LogP contribution in [0.1, 0.15) is 17.0 Å². The highest BCUT2D eigenvalue weighted by Crippen LogP contribution is 2.43. The highest BCUT2D eigenvalue weighted by Gasteiger charge is 2.41. The second-order valence-electron chi connectivity index (χ2n) is 6.10. The van der Waals surface area contributed by atoms with E-state index in [1.54, 1.807) is 12.1 Å². The molecule has 5 nitrogen and oxygen atoms in total. The molecule has 0 fully saturated rings. The van der Waals surface area contributed by atoms with Gasteiger partial charge in [-0.1, -0.05) is 40.2 Å². The Kier molecular flexibility index (Phi) is 4.28. The van der Waals surface area contributed by atoms with Gasteiger partial charge in [-0.05, 0) is 29.8 Å². The summed E-state index contributed by atoms with van der Waals surface area (Å²) >= 11 is 3.41. The lowest BCUT2D eigenvalue weighted by atomic mass is 9.79. The smallest absolute Gasteiger partial charge is 0.343 e. The molecular formula is C20H15BrO5. The summed E-state index contributed by atoms with van der Waals surface area (Å²) in [7, 11) is 1.33. The first-order chi connectivity index (χ1) is 12.6. The molecule has 0 amide bonds. The Morgan fingerprint density at radius 1 is 1.15 bits per heavy atom. The second-order valence-corrected chi connectivity index (χ2v) is 7.01. The van der Waals surface area contributed by atoms with Crippen LogP contribution in [0, 0.1) is 5.92 Å². The quantitative estimate of drug-likeness (QED) is 0.470. The summed E-state index contributed by atoms with van der Waals surface area (Å²) in [5.74, 6) is -1.07. The lowest BCUT2D eigenvalue weighted by Crippen LogP contribution is -2.36. The van der Waals surface area contributed by atoms with Crippen LogP contribution in [0.3, 0.4) is 0 Å². The number of methoxy groups -OCH3 is 1. The van der Waals surface area contributed by atoms with Crippen molar-refractivity contribution in [2.45, 2.75) is 5.92 Å². The molecule has 0 unspecified atom stereocenters. The standard InChI is InChI=1S/C20H15BrO5/c1-24-19(22)14-10-25-18-13-4-2-3-5-15(13)26-20(23)17(18)16(14)11-6-8-12(21)9-7-11/h2-9,14,16H,10H2,1H3/t14-,16-/m1/s1. The zero-order valence-corrected chi connectivity index (χ0v) is 15.5. The van der Waals surface area contributed by atoms with Crippen LogP contribution in [0.25, 0.3) is 11.0 Å². The van der Waals surface area contributed by atoms with Crippen molar-refractivity contribution >= 4 is 32.9 Å². The summed E-state index contributed by atoms with van der Waals surface area (Å²) in [5, 5.41) is 0.715. The fourth-order valence-electron chi connectivity index (χ4n) is 3.45. The number of esters is 1. The van der Waals surface area contributed by atoms with E-state index in [4.69, 9.17) is 13.9 Å². The van der Waals surface area contributed by atoms with Crippen LogP contribution in [0.2, 0.25) is 0 Å². The maximum atomic E-state index is 12.8. The molecule has 1 aliphatic rings. The van der Waals surface area contributed by atoms with Crippen molar-refractivity contribution in [3.63, 3.8) is 0 Å². The molecule has 6 heteroatoms. The fourth-order valence-corrected chi connectivity index (χ4v) is 3.72. The van der Waals surface area contributed by atoms with Crippen LogP contribution >= 0.6 is 15.9 Å². The van der Waals surface area contributed by atoms with Crippen molar-refractivity contribution in [2.75, 3.05) is 13.7 Å². The Bertz CT molecular complexity index is 1040. The van der Waals surface area contributed by atoms with Crippen LogP contribution in [0.15, 0.2) is 62.2 Å². The predicted octanol–water partition coefficient (Wildman–Crippen LogP) is 3.87. The van der Waals surface area contributed by atoms with Gasteiger partial charge in [-0.3, -0.25) is 4.79 Å². The molecule has 0 radical (unpaired) electrons. The maximum Gasteiger partial charge on any atom is 0.343 e. The van der Waals surface area contributed by atoms with Gasteiger partial charge in [0.2, 0.25) is 0 Å². The summed E-state index contributed by atoms with van der Waals surface area (Å²) in [6, 6.07) is 14.7. The number of rotatable bonds is 2. The number of hydrogen-bond acceptors (Lipinski definition) is 5. The number of hydrogen-bond donors (Lipinski definition) is 0. The van der Waals surface area contributed by atoms with Crippen molar-refractivity contribution in [1.29, 1.82) is 0 Å². The molecule has 0 saturated heterocycles. The van der Waals surface area contributed by atoms with Crippen molar-refractivity contribution in [3.05, 3.63) is 74.6 Å². The van der Waals surface area contributed by atoms with Crippen molar-refractivity contribution in [2.24, 2.45) is 5.92 Å². The van der Waals surface area contributed by atoms with Crippen molar-refractivity contribution < 1.29 is 18.7 Å². The number of ether oxygens (including phenoxy) is 2. The predicted molar refractivity (Wildman–Crippen MR) is 99.5 cm³/mol. The van der Waals surface area contributed by atoms with Crippen molar-refractivity contribution in [1.82, 2.24) is 0 Å². The largest absolute Gasteiger partial charge is 0.491 e. The third kappa shape index (κ3) is 2.70. The molecule has 1 aromatic heterocycles. The Balaban J connectivity index is 1.99. The molecule has 132 valence electrons. The molecule has 0 spiro atoms. The van der Waals surface area contributed by atoms with Gasteiger partial charge in [-0.25, -0.2) is 4.79 Å². The molecular weight excluding hydrogens is 400 g/mol. The first-order valence-corrected chi connectivity index (χ1v) is 8.91. The summed E-state index contributed by atoms with van der Waals surface area (Å²) in [4.78, 5) is 25.1. The summed E-state index contributed by atoms with van der Waals surface area (Å²) < 4.78 is 17.2. The van der Waals surface area contributed by atoms with E-state index in [1.165, 1.54) is 7.11 Å². The minimum absolute atomic E-state index is 0.133. The van der Waals surface area contributed by atoms with E-state index in [0.717, 1.165) is 10.0 Å². The normalized spacial score (nSPS) is 18.8. The highest BCUT2D eigenvalue weighted by atomic mass is 79.9. The third-order valence-corrected chi connectivity index (χ3v) is 5.18. The SMILES string of the molecule is COC(=O)[C@@H]1COc2c(c(=O)oc3ccccc23)[C@@H]1c1ccc(Br)cc1. The summed E-state index contributed by atoms with van der Waals surface area (Å²) in [6.07, 6.45) is 0. The number of fused-ring (bicyclic) bond motifs is 3. The number of benzene rings is 2. The minimum atomic E-state index is -0.627. The van der Waals surface area contributed by atoms with E-state index < -0.39 is 23.4 Å². The molecule has 2 heterocycles. The molecule has 0 N–H and O–H groups in total. The Morgan fingerprint density at radius 2 is 1.88 bits per heavy atom. The number of halogens is 1. The number of carbonyl (C=O) groups is 1. The van der Waals surface area contributed by atoms with E-state index in [2.05, 4.69) is 15.9 Å². The number of carbonyl (C=O) groups excluding carboxylic acids is 1. The average molecular weight is 415 g/mol. The lowest BCUT2D eigenvalue weighted by Gasteiger charge is -2.31. The fraction of sp³-hybridized carbons (Fsp3) is 0.200. The topological polar surface area (TPSA) is 65.7 Å². The molecule has 26 heavy (non-hydrogen) atoms. The van der Waals surface area contributed by atoms with E-state index >= 15 is 0 Å². The first-order valence-electron chi connectivity index (χ1n) is 8.12. The van der Waals surface area contributed by atoms with E-state index in [1.807, 2.05) is 36.4 Å². The number of para-hydroxylation sites is 1. The molecule has 2 atom stereocenters. The van der Waals surface area contributed by atoms with Crippen LogP contribution in [0.5, 0.6) is 5.75 Å². The zero-order chi connectivity index (χ0) is 18.3. The second kappa shape index (κ2) is 6.61. The molecule has 3 aromatic rings. The minimum Gasteiger partial charge on any atom is -0.491 e. The average Bonchev–Trinajstić information content (AvgIpc) is 2.67. The highest BCUT2D eigenvalue weighted by molar-refractivity contribution is 9.10. The van der Waals surface area contributed by atoms with Gasteiger partial charge in [0.15, 0.2) is 0 Å². The van der Waals surface area contributed by atoms with Gasteiger partial charge in [0.05, 0.1) is 18.1 Å². The lowest BCUT2D eigenvalue weighted by molar-refractivity contribution is -0.147. The van der Waals surface area contributed by atoms with Gasteiger partial charge in [-0.15, -0.1) is 0 Å². The van der Waals surface area contributed by atoms with Crippen LogP contribution < -0.4 is 10.4 Å².